The highest BCUT2D eigenvalue weighted by molar-refractivity contribution is 14.1. The van der Waals surface area contributed by atoms with Gasteiger partial charge in [-0.15, -0.1) is 0 Å². The Labute approximate surface area is 121 Å². The molecule has 1 aromatic heterocycles. The van der Waals surface area contributed by atoms with Crippen LogP contribution in [0.1, 0.15) is 13.3 Å². The number of benzene rings is 1. The summed E-state index contributed by atoms with van der Waals surface area (Å²) < 4.78 is 6.97. The molecule has 2 rings (SSSR count). The van der Waals surface area contributed by atoms with E-state index in [1.807, 2.05) is 36.4 Å². The molecule has 0 radical (unpaired) electrons. The third-order valence-electron chi connectivity index (χ3n) is 2.34. The third-order valence-corrected chi connectivity index (χ3v) is 3.06. The highest BCUT2D eigenvalue weighted by atomic mass is 127. The lowest BCUT2D eigenvalue weighted by Gasteiger charge is -2.08. The molecule has 1 N–H and O–H groups in total. The third kappa shape index (κ3) is 3.87. The molecule has 2 aromatic rings. The molecule has 94 valence electrons. The van der Waals surface area contributed by atoms with Gasteiger partial charge in [-0.2, -0.15) is 0 Å². The molecule has 0 aliphatic rings. The summed E-state index contributed by atoms with van der Waals surface area (Å²) in [7, 11) is 0. The topological polar surface area (TPSA) is 34.1 Å². The zero-order valence-electron chi connectivity index (χ0n) is 10.2. The zero-order chi connectivity index (χ0) is 12.8. The van der Waals surface area contributed by atoms with Crippen LogP contribution in [0.5, 0.6) is 11.5 Å². The minimum atomic E-state index is 0.796. The van der Waals surface area contributed by atoms with Crippen LogP contribution in [0.25, 0.3) is 0 Å². The van der Waals surface area contributed by atoms with Gasteiger partial charge in [0.05, 0.1) is 0 Å². The van der Waals surface area contributed by atoms with Gasteiger partial charge < -0.3 is 10.1 Å². The minimum absolute atomic E-state index is 0.796. The highest BCUT2D eigenvalue weighted by Crippen LogP contribution is 2.23. The number of aromatic nitrogens is 1. The second kappa shape index (κ2) is 6.58. The SMILES string of the molecule is CCCNc1cc(Oc2ccc(I)cc2)ccn1. The average Bonchev–Trinajstić information content (AvgIpc) is 2.40. The smallest absolute Gasteiger partial charge is 0.132 e. The second-order valence-corrected chi connectivity index (χ2v) is 5.11. The summed E-state index contributed by atoms with van der Waals surface area (Å²) in [5.41, 5.74) is 0. The van der Waals surface area contributed by atoms with Gasteiger partial charge in [-0.25, -0.2) is 4.98 Å². The number of anilines is 1. The Morgan fingerprint density at radius 2 is 1.94 bits per heavy atom. The van der Waals surface area contributed by atoms with Gasteiger partial charge in [0.1, 0.15) is 17.3 Å². The lowest BCUT2D eigenvalue weighted by atomic mass is 10.3. The lowest BCUT2D eigenvalue weighted by molar-refractivity contribution is 0.482. The molecule has 3 nitrogen and oxygen atoms in total. The van der Waals surface area contributed by atoms with Crippen molar-refractivity contribution >= 4 is 28.4 Å². The predicted molar refractivity (Wildman–Crippen MR) is 82.3 cm³/mol. The van der Waals surface area contributed by atoms with Crippen molar-refractivity contribution in [1.29, 1.82) is 0 Å². The molecule has 0 saturated heterocycles. The Morgan fingerprint density at radius 3 is 2.67 bits per heavy atom. The molecule has 18 heavy (non-hydrogen) atoms. The van der Waals surface area contributed by atoms with Crippen molar-refractivity contribution in [3.05, 3.63) is 46.2 Å². The maximum absolute atomic E-state index is 5.77. The van der Waals surface area contributed by atoms with Crippen molar-refractivity contribution in [2.45, 2.75) is 13.3 Å². The van der Waals surface area contributed by atoms with Crippen molar-refractivity contribution < 1.29 is 4.74 Å². The van der Waals surface area contributed by atoms with E-state index in [2.05, 4.69) is 39.8 Å². The van der Waals surface area contributed by atoms with E-state index < -0.39 is 0 Å². The maximum Gasteiger partial charge on any atom is 0.132 e. The van der Waals surface area contributed by atoms with Crippen molar-refractivity contribution in [2.75, 3.05) is 11.9 Å². The second-order valence-electron chi connectivity index (χ2n) is 3.86. The molecule has 0 aliphatic carbocycles. The highest BCUT2D eigenvalue weighted by Gasteiger charge is 1.99. The first-order valence-electron chi connectivity index (χ1n) is 5.91. The van der Waals surface area contributed by atoms with Crippen LogP contribution in [0, 0.1) is 3.57 Å². The van der Waals surface area contributed by atoms with Crippen LogP contribution in [0.4, 0.5) is 5.82 Å². The number of halogens is 1. The van der Waals surface area contributed by atoms with Crippen molar-refractivity contribution in [3.8, 4) is 11.5 Å². The van der Waals surface area contributed by atoms with Gasteiger partial charge in [-0.1, -0.05) is 6.92 Å². The molecule has 0 saturated carbocycles. The van der Waals surface area contributed by atoms with E-state index in [1.165, 1.54) is 3.57 Å². The van der Waals surface area contributed by atoms with E-state index in [1.54, 1.807) is 6.20 Å². The number of nitrogens with one attached hydrogen (secondary N) is 1. The summed E-state index contributed by atoms with van der Waals surface area (Å²) >= 11 is 2.27. The van der Waals surface area contributed by atoms with Gasteiger partial charge in [0.2, 0.25) is 0 Å². The quantitative estimate of drug-likeness (QED) is 0.813. The van der Waals surface area contributed by atoms with Crippen LogP contribution in [0.2, 0.25) is 0 Å². The summed E-state index contributed by atoms with van der Waals surface area (Å²) in [5, 5.41) is 3.24. The van der Waals surface area contributed by atoms with Crippen LogP contribution in [-0.2, 0) is 0 Å². The Morgan fingerprint density at radius 1 is 1.17 bits per heavy atom. The van der Waals surface area contributed by atoms with Crippen molar-refractivity contribution in [3.63, 3.8) is 0 Å². The molecule has 0 atom stereocenters. The van der Waals surface area contributed by atoms with Gasteiger partial charge in [0.15, 0.2) is 0 Å². The van der Waals surface area contributed by atoms with Crippen LogP contribution in [0.15, 0.2) is 42.6 Å². The van der Waals surface area contributed by atoms with E-state index in [0.717, 1.165) is 30.3 Å². The molecule has 0 unspecified atom stereocenters. The van der Waals surface area contributed by atoms with Crippen molar-refractivity contribution in [2.24, 2.45) is 0 Å². The fourth-order valence-electron chi connectivity index (χ4n) is 1.46. The Bertz CT molecular complexity index is 499. The summed E-state index contributed by atoms with van der Waals surface area (Å²) in [6.45, 7) is 3.04. The largest absolute Gasteiger partial charge is 0.457 e. The first-order chi connectivity index (χ1) is 8.78. The van der Waals surface area contributed by atoms with Gasteiger partial charge in [-0.3, -0.25) is 0 Å². The summed E-state index contributed by atoms with van der Waals surface area (Å²) in [4.78, 5) is 4.24. The maximum atomic E-state index is 5.77. The number of ether oxygens (including phenoxy) is 1. The fourth-order valence-corrected chi connectivity index (χ4v) is 1.82. The van der Waals surface area contributed by atoms with E-state index in [9.17, 15) is 0 Å². The van der Waals surface area contributed by atoms with E-state index in [4.69, 9.17) is 4.74 Å². The Hall–Kier alpha value is -1.30. The van der Waals surface area contributed by atoms with Crippen LogP contribution < -0.4 is 10.1 Å². The molecular formula is C14H15IN2O. The zero-order valence-corrected chi connectivity index (χ0v) is 12.3. The molecule has 1 heterocycles. The first kappa shape index (κ1) is 13.1. The lowest BCUT2D eigenvalue weighted by Crippen LogP contribution is -2.01. The number of pyridine rings is 1. The Balaban J connectivity index is 2.06. The molecule has 1 aromatic carbocycles. The molecule has 0 amide bonds. The van der Waals surface area contributed by atoms with E-state index in [-0.39, 0.29) is 0 Å². The van der Waals surface area contributed by atoms with Crippen LogP contribution >= 0.6 is 22.6 Å². The van der Waals surface area contributed by atoms with E-state index >= 15 is 0 Å². The van der Waals surface area contributed by atoms with Crippen LogP contribution in [-0.4, -0.2) is 11.5 Å². The normalized spacial score (nSPS) is 10.1. The molecular weight excluding hydrogens is 339 g/mol. The summed E-state index contributed by atoms with van der Waals surface area (Å²) in [6.07, 6.45) is 2.82. The van der Waals surface area contributed by atoms with Gasteiger partial charge in [-0.05, 0) is 59.3 Å². The average molecular weight is 354 g/mol. The fraction of sp³-hybridized carbons (Fsp3) is 0.214. The van der Waals surface area contributed by atoms with Gasteiger partial charge in [0, 0.05) is 22.4 Å². The first-order valence-corrected chi connectivity index (χ1v) is 6.99. The Kier molecular flexibility index (Phi) is 4.81. The van der Waals surface area contributed by atoms with Gasteiger partial charge in [0.25, 0.3) is 0 Å². The molecule has 4 heteroatoms. The number of hydrogen-bond acceptors (Lipinski definition) is 3. The number of nitrogens with zero attached hydrogens (tertiary/aromatic N) is 1. The monoisotopic (exact) mass is 354 g/mol. The molecule has 0 aliphatic heterocycles. The molecule has 0 bridgehead atoms. The molecule has 0 fully saturated rings. The standard InChI is InChI=1S/C14H15IN2O/c1-2-8-16-14-10-13(7-9-17-14)18-12-5-3-11(15)4-6-12/h3-7,9-10H,2,8H2,1H3,(H,16,17). The summed E-state index contributed by atoms with van der Waals surface area (Å²) in [5.74, 6) is 2.48. The summed E-state index contributed by atoms with van der Waals surface area (Å²) in [6, 6.07) is 11.7. The molecule has 0 spiro atoms. The number of rotatable bonds is 5. The predicted octanol–water partition coefficient (Wildman–Crippen LogP) is 4.30. The number of hydrogen-bond donors (Lipinski definition) is 1. The van der Waals surface area contributed by atoms with Crippen molar-refractivity contribution in [1.82, 2.24) is 4.98 Å². The van der Waals surface area contributed by atoms with Crippen LogP contribution in [0.3, 0.4) is 0 Å². The van der Waals surface area contributed by atoms with E-state index in [0.29, 0.717) is 0 Å². The van der Waals surface area contributed by atoms with Gasteiger partial charge >= 0.3 is 0 Å². The minimum Gasteiger partial charge on any atom is -0.457 e.